The van der Waals surface area contributed by atoms with Crippen molar-refractivity contribution in [2.24, 2.45) is 0 Å². The fraction of sp³-hybridized carbons (Fsp3) is 0. The van der Waals surface area contributed by atoms with Crippen LogP contribution in [0.15, 0.2) is 168 Å². The van der Waals surface area contributed by atoms with Gasteiger partial charge in [0.2, 0.25) is 0 Å². The molecule has 3 heterocycles. The lowest BCUT2D eigenvalue weighted by molar-refractivity contribution is 0.669. The molecule has 234 valence electrons. The van der Waals surface area contributed by atoms with Crippen LogP contribution in [0.1, 0.15) is 8.22 Å². The van der Waals surface area contributed by atoms with Crippen LogP contribution in [0.25, 0.3) is 98.5 Å². The summed E-state index contributed by atoms with van der Waals surface area (Å²) >= 11 is 1.08. The van der Waals surface area contributed by atoms with E-state index in [2.05, 4.69) is 0 Å². The zero-order chi connectivity index (χ0) is 38.2. The maximum Gasteiger partial charge on any atom is 0.164 e. The Labute approximate surface area is 300 Å². The summed E-state index contributed by atoms with van der Waals surface area (Å²) in [5.74, 6) is 0.769. The van der Waals surface area contributed by atoms with Crippen LogP contribution in [0.3, 0.4) is 0 Å². The number of para-hydroxylation sites is 1. The maximum absolute atomic E-state index is 9.56. The lowest BCUT2D eigenvalue weighted by Gasteiger charge is -2.12. The van der Waals surface area contributed by atoms with Gasteiger partial charge in [-0.1, -0.05) is 127 Å². The molecule has 4 nitrogen and oxygen atoms in total. The second-order valence-corrected chi connectivity index (χ2v) is 12.9. The molecular formula is C45H27N3OS. The van der Waals surface area contributed by atoms with E-state index in [9.17, 15) is 5.48 Å². The molecule has 0 fully saturated rings. The molecule has 0 atom stereocenters. The summed E-state index contributed by atoms with van der Waals surface area (Å²) in [5, 5.41) is 2.22. The SMILES string of the molecule is [2H]c1c(-c2ccc3oc4ccccc4c3c2)c([2H])c2c(sc3c([2H])c(-c4nc(-c5ccccc5)nc(-c5ccccc5-c5ccccc5)n4)c([2H])c([2H])c32)c1[2H]. The van der Waals surface area contributed by atoms with E-state index in [1.54, 1.807) is 12.1 Å². The minimum absolute atomic E-state index is 0.0363. The standard InChI is InChI=1S/C45H27N3OS/c1-3-11-28(12-4-1)33-15-7-8-17-36(33)45-47-43(29-13-5-2-6-14-29)46-44(48-45)32-19-22-35-38-26-31(21-24-41(38)50-42(35)27-32)30-20-23-40-37(25-30)34-16-9-10-18-39(34)49-40/h1-27H/i19D,21D,22D,24D,26D,27D. The minimum Gasteiger partial charge on any atom is -0.456 e. The third-order valence-corrected chi connectivity index (χ3v) is 9.84. The first kappa shape index (κ1) is 23.0. The molecule has 5 heteroatoms. The van der Waals surface area contributed by atoms with Crippen molar-refractivity contribution in [3.05, 3.63) is 164 Å². The van der Waals surface area contributed by atoms with Crippen LogP contribution < -0.4 is 0 Å². The Bertz CT molecular complexity index is 3220. The first-order chi connectivity index (χ1) is 27.3. The van der Waals surface area contributed by atoms with E-state index < -0.39 is 0 Å². The Balaban J connectivity index is 1.21. The van der Waals surface area contributed by atoms with Gasteiger partial charge in [0.1, 0.15) is 11.2 Å². The molecule has 7 aromatic carbocycles. The van der Waals surface area contributed by atoms with Gasteiger partial charge >= 0.3 is 0 Å². The Morgan fingerprint density at radius 2 is 1.08 bits per heavy atom. The second kappa shape index (κ2) is 11.6. The number of furan rings is 1. The molecule has 50 heavy (non-hydrogen) atoms. The van der Waals surface area contributed by atoms with Gasteiger partial charge in [0.25, 0.3) is 0 Å². The third-order valence-electron chi connectivity index (χ3n) is 8.82. The lowest BCUT2D eigenvalue weighted by atomic mass is 9.99. The van der Waals surface area contributed by atoms with E-state index in [-0.39, 0.29) is 64.0 Å². The van der Waals surface area contributed by atoms with Gasteiger partial charge in [-0.25, -0.2) is 15.0 Å². The van der Waals surface area contributed by atoms with Crippen molar-refractivity contribution >= 4 is 53.4 Å². The molecule has 0 unspecified atom stereocenters. The van der Waals surface area contributed by atoms with Crippen molar-refractivity contribution in [1.82, 2.24) is 15.0 Å². The van der Waals surface area contributed by atoms with Crippen molar-refractivity contribution < 1.29 is 12.6 Å². The number of hydrogen-bond donors (Lipinski definition) is 0. The summed E-state index contributed by atoms with van der Waals surface area (Å²) in [6.07, 6.45) is 0. The third kappa shape index (κ3) is 4.87. The number of nitrogens with zero attached hydrogens (tertiary/aromatic N) is 3. The first-order valence-electron chi connectivity index (χ1n) is 19.1. The first-order valence-corrected chi connectivity index (χ1v) is 16.9. The lowest BCUT2D eigenvalue weighted by Crippen LogP contribution is -2.01. The number of rotatable bonds is 5. The summed E-state index contributed by atoms with van der Waals surface area (Å²) in [6, 6.07) is 39.4. The predicted molar refractivity (Wildman–Crippen MR) is 207 cm³/mol. The summed E-state index contributed by atoms with van der Waals surface area (Å²) in [4.78, 5) is 14.6. The van der Waals surface area contributed by atoms with Crippen molar-refractivity contribution in [2.75, 3.05) is 0 Å². The summed E-state index contributed by atoms with van der Waals surface area (Å²) < 4.78 is 62.7. The Kier molecular flexibility index (Phi) is 5.35. The highest BCUT2D eigenvalue weighted by Crippen LogP contribution is 2.40. The number of benzene rings is 7. The molecule has 0 aliphatic heterocycles. The molecule has 10 rings (SSSR count). The van der Waals surface area contributed by atoms with Gasteiger partial charge in [0, 0.05) is 47.6 Å². The molecule has 0 aliphatic rings. The quantitative estimate of drug-likeness (QED) is 0.184. The van der Waals surface area contributed by atoms with Gasteiger partial charge in [0.15, 0.2) is 17.5 Å². The molecule has 10 aromatic rings. The van der Waals surface area contributed by atoms with Crippen LogP contribution in [-0.2, 0) is 0 Å². The van der Waals surface area contributed by atoms with E-state index in [1.165, 1.54) is 0 Å². The largest absolute Gasteiger partial charge is 0.456 e. The molecule has 0 aliphatic carbocycles. The molecule has 0 N–H and O–H groups in total. The molecule has 0 spiro atoms. The smallest absolute Gasteiger partial charge is 0.164 e. The normalized spacial score (nSPS) is 13.3. The van der Waals surface area contributed by atoms with Gasteiger partial charge in [-0.05, 0) is 58.6 Å². The van der Waals surface area contributed by atoms with Gasteiger partial charge in [0.05, 0.1) is 8.22 Å². The average molecular weight is 664 g/mol. The van der Waals surface area contributed by atoms with Gasteiger partial charge in [-0.2, -0.15) is 0 Å². The highest BCUT2D eigenvalue weighted by atomic mass is 32.1. The van der Waals surface area contributed by atoms with E-state index >= 15 is 0 Å². The second-order valence-electron chi connectivity index (χ2n) is 11.9. The summed E-state index contributed by atoms with van der Waals surface area (Å²) in [7, 11) is 0. The van der Waals surface area contributed by atoms with E-state index in [0.29, 0.717) is 32.2 Å². The summed E-state index contributed by atoms with van der Waals surface area (Å²) in [5.41, 5.74) is 5.57. The predicted octanol–water partition coefficient (Wildman–Crippen LogP) is 12.5. The van der Waals surface area contributed by atoms with Gasteiger partial charge in [-0.3, -0.25) is 0 Å². The Morgan fingerprint density at radius 1 is 0.420 bits per heavy atom. The Hall–Kier alpha value is -6.43. The molecular weight excluding hydrogens is 631 g/mol. The zero-order valence-electron chi connectivity index (χ0n) is 32.3. The number of aromatic nitrogens is 3. The van der Waals surface area contributed by atoms with Crippen molar-refractivity contribution in [3.63, 3.8) is 0 Å². The fourth-order valence-electron chi connectivity index (χ4n) is 6.40. The Morgan fingerprint density at radius 3 is 1.92 bits per heavy atom. The molecule has 0 amide bonds. The van der Waals surface area contributed by atoms with Crippen molar-refractivity contribution in [1.29, 1.82) is 0 Å². The van der Waals surface area contributed by atoms with Gasteiger partial charge < -0.3 is 4.42 Å². The van der Waals surface area contributed by atoms with Crippen LogP contribution >= 0.6 is 11.3 Å². The molecule has 0 radical (unpaired) electrons. The highest BCUT2D eigenvalue weighted by Gasteiger charge is 2.17. The van der Waals surface area contributed by atoms with E-state index in [0.717, 1.165) is 49.9 Å². The van der Waals surface area contributed by atoms with E-state index in [4.69, 9.17) is 22.1 Å². The highest BCUT2D eigenvalue weighted by molar-refractivity contribution is 7.25. The van der Waals surface area contributed by atoms with E-state index in [1.807, 2.05) is 115 Å². The molecule has 0 saturated carbocycles. The molecule has 0 saturated heterocycles. The molecule has 0 bridgehead atoms. The average Bonchev–Trinajstić information content (AvgIpc) is 3.83. The van der Waals surface area contributed by atoms with Crippen LogP contribution in [0.5, 0.6) is 0 Å². The summed E-state index contributed by atoms with van der Waals surface area (Å²) in [6.45, 7) is 0. The number of thiophene rings is 1. The van der Waals surface area contributed by atoms with Crippen LogP contribution in [-0.4, -0.2) is 15.0 Å². The van der Waals surface area contributed by atoms with Crippen molar-refractivity contribution in [3.8, 4) is 56.4 Å². The zero-order valence-corrected chi connectivity index (χ0v) is 27.1. The molecule has 3 aromatic heterocycles. The fourth-order valence-corrected chi connectivity index (χ4v) is 7.37. The van der Waals surface area contributed by atoms with Crippen LogP contribution in [0.4, 0.5) is 0 Å². The topological polar surface area (TPSA) is 51.8 Å². The maximum atomic E-state index is 9.56. The van der Waals surface area contributed by atoms with Crippen molar-refractivity contribution in [2.45, 2.75) is 0 Å². The monoisotopic (exact) mass is 663 g/mol. The number of hydrogen-bond acceptors (Lipinski definition) is 5. The van der Waals surface area contributed by atoms with Crippen LogP contribution in [0, 0.1) is 0 Å². The minimum atomic E-state index is -0.275. The van der Waals surface area contributed by atoms with Crippen LogP contribution in [0.2, 0.25) is 0 Å². The van der Waals surface area contributed by atoms with Gasteiger partial charge in [-0.15, -0.1) is 11.3 Å². The number of fused-ring (bicyclic) bond motifs is 6.